The Bertz CT molecular complexity index is 797. The van der Waals surface area contributed by atoms with Crippen LogP contribution in [-0.4, -0.2) is 60.9 Å². The number of piperazine rings is 1. The number of nitrogens with one attached hydrogen (secondary N) is 1. The monoisotopic (exact) mass is 391 g/mol. The van der Waals surface area contributed by atoms with Gasteiger partial charge in [0.15, 0.2) is 0 Å². The molecule has 2 amide bonds. The highest BCUT2D eigenvalue weighted by Gasteiger charge is 2.19. The first-order chi connectivity index (χ1) is 14.2. The molecule has 152 valence electrons. The highest BCUT2D eigenvalue weighted by Crippen LogP contribution is 2.07. The van der Waals surface area contributed by atoms with E-state index in [-0.39, 0.29) is 11.8 Å². The minimum atomic E-state index is -0.0878. The summed E-state index contributed by atoms with van der Waals surface area (Å²) >= 11 is 0. The van der Waals surface area contributed by atoms with E-state index in [1.807, 2.05) is 41.3 Å². The summed E-state index contributed by atoms with van der Waals surface area (Å²) in [5.74, 6) is 0.0914. The molecule has 0 saturated carbocycles. The van der Waals surface area contributed by atoms with Crippen LogP contribution in [0.15, 0.2) is 66.7 Å². The molecule has 0 unspecified atom stereocenters. The normalized spacial score (nSPS) is 14.8. The molecular weight excluding hydrogens is 362 g/mol. The standard InChI is InChI=1S/C24H29N3O2/c28-23(14-7-15-25-24(29)22-12-5-2-6-13-22)27-19-17-26(18-20-27)16-8-11-21-9-3-1-4-10-21/h1-6,8-13H,7,14-20H2,(H,25,29)/b11-8+. The average Bonchev–Trinajstić information content (AvgIpc) is 2.78. The number of amides is 2. The summed E-state index contributed by atoms with van der Waals surface area (Å²) in [6.45, 7) is 4.76. The van der Waals surface area contributed by atoms with Gasteiger partial charge in [0.25, 0.3) is 5.91 Å². The summed E-state index contributed by atoms with van der Waals surface area (Å²) in [6.07, 6.45) is 5.46. The zero-order valence-corrected chi connectivity index (χ0v) is 16.8. The lowest BCUT2D eigenvalue weighted by atomic mass is 10.2. The molecule has 0 aromatic heterocycles. The van der Waals surface area contributed by atoms with Gasteiger partial charge in [-0.3, -0.25) is 14.5 Å². The maximum absolute atomic E-state index is 12.4. The SMILES string of the molecule is O=C(NCCCC(=O)N1CCN(C/C=C/c2ccccc2)CC1)c1ccccc1. The van der Waals surface area contributed by atoms with Crippen molar-refractivity contribution >= 4 is 17.9 Å². The summed E-state index contributed by atoms with van der Waals surface area (Å²) in [5, 5.41) is 2.88. The maximum atomic E-state index is 12.4. The highest BCUT2D eigenvalue weighted by atomic mass is 16.2. The van der Waals surface area contributed by atoms with Crippen molar-refractivity contribution in [3.63, 3.8) is 0 Å². The molecule has 1 fully saturated rings. The second kappa shape index (κ2) is 11.2. The van der Waals surface area contributed by atoms with E-state index in [9.17, 15) is 9.59 Å². The van der Waals surface area contributed by atoms with E-state index in [0.717, 1.165) is 32.7 Å². The Morgan fingerprint density at radius 3 is 2.24 bits per heavy atom. The van der Waals surface area contributed by atoms with Gasteiger partial charge in [-0.2, -0.15) is 0 Å². The van der Waals surface area contributed by atoms with Gasteiger partial charge in [0.2, 0.25) is 5.91 Å². The molecule has 0 spiro atoms. The van der Waals surface area contributed by atoms with Crippen molar-refractivity contribution in [2.24, 2.45) is 0 Å². The number of carbonyl (C=O) groups excluding carboxylic acids is 2. The van der Waals surface area contributed by atoms with Crippen molar-refractivity contribution in [3.05, 3.63) is 77.9 Å². The van der Waals surface area contributed by atoms with Gasteiger partial charge in [-0.05, 0) is 24.1 Å². The first-order valence-electron chi connectivity index (χ1n) is 10.3. The quantitative estimate of drug-likeness (QED) is 0.704. The molecule has 29 heavy (non-hydrogen) atoms. The Labute approximate surface area is 173 Å². The Balaban J connectivity index is 1.29. The maximum Gasteiger partial charge on any atom is 0.251 e. The van der Waals surface area contributed by atoms with Gasteiger partial charge in [-0.25, -0.2) is 0 Å². The van der Waals surface area contributed by atoms with E-state index in [1.165, 1.54) is 5.56 Å². The highest BCUT2D eigenvalue weighted by molar-refractivity contribution is 5.94. The summed E-state index contributed by atoms with van der Waals surface area (Å²) in [6, 6.07) is 19.4. The van der Waals surface area contributed by atoms with Crippen LogP contribution in [0, 0.1) is 0 Å². The molecule has 1 saturated heterocycles. The van der Waals surface area contributed by atoms with Crippen LogP contribution in [0.2, 0.25) is 0 Å². The van der Waals surface area contributed by atoms with Crippen LogP contribution in [0.4, 0.5) is 0 Å². The first kappa shape index (κ1) is 20.8. The molecular formula is C24H29N3O2. The molecule has 2 aromatic carbocycles. The molecule has 5 nitrogen and oxygen atoms in total. The van der Waals surface area contributed by atoms with Crippen LogP contribution in [-0.2, 0) is 4.79 Å². The Morgan fingerprint density at radius 2 is 1.55 bits per heavy atom. The summed E-state index contributed by atoms with van der Waals surface area (Å²) < 4.78 is 0. The Kier molecular flexibility index (Phi) is 8.01. The smallest absolute Gasteiger partial charge is 0.251 e. The second-order valence-electron chi connectivity index (χ2n) is 7.22. The van der Waals surface area contributed by atoms with Gasteiger partial charge >= 0.3 is 0 Å². The van der Waals surface area contributed by atoms with E-state index in [2.05, 4.69) is 34.5 Å². The fraction of sp³-hybridized carbons (Fsp3) is 0.333. The van der Waals surface area contributed by atoms with Crippen molar-refractivity contribution in [1.82, 2.24) is 15.1 Å². The molecule has 5 heteroatoms. The largest absolute Gasteiger partial charge is 0.352 e. The van der Waals surface area contributed by atoms with Crippen LogP contribution in [0.5, 0.6) is 0 Å². The topological polar surface area (TPSA) is 52.7 Å². The molecule has 1 aliphatic heterocycles. The minimum Gasteiger partial charge on any atom is -0.352 e. The third-order valence-corrected chi connectivity index (χ3v) is 5.09. The summed E-state index contributed by atoms with van der Waals surface area (Å²) in [5.41, 5.74) is 1.86. The van der Waals surface area contributed by atoms with E-state index in [1.54, 1.807) is 12.1 Å². The molecule has 1 aliphatic rings. The van der Waals surface area contributed by atoms with Gasteiger partial charge in [0.05, 0.1) is 0 Å². The molecule has 0 aliphatic carbocycles. The molecule has 3 rings (SSSR count). The molecule has 1 heterocycles. The lowest BCUT2D eigenvalue weighted by molar-refractivity contribution is -0.132. The number of carbonyl (C=O) groups is 2. The zero-order valence-electron chi connectivity index (χ0n) is 16.8. The Hall–Kier alpha value is -2.92. The molecule has 0 radical (unpaired) electrons. The molecule has 1 N–H and O–H groups in total. The summed E-state index contributed by atoms with van der Waals surface area (Å²) in [7, 11) is 0. The van der Waals surface area contributed by atoms with E-state index >= 15 is 0 Å². The van der Waals surface area contributed by atoms with E-state index in [4.69, 9.17) is 0 Å². The number of hydrogen-bond acceptors (Lipinski definition) is 3. The van der Waals surface area contributed by atoms with Crippen LogP contribution in [0.1, 0.15) is 28.8 Å². The minimum absolute atomic E-state index is 0.0878. The average molecular weight is 392 g/mol. The third kappa shape index (κ3) is 6.88. The van der Waals surface area contributed by atoms with Crippen molar-refractivity contribution in [3.8, 4) is 0 Å². The van der Waals surface area contributed by atoms with Crippen molar-refractivity contribution in [1.29, 1.82) is 0 Å². The number of rotatable bonds is 8. The molecule has 0 bridgehead atoms. The van der Waals surface area contributed by atoms with Crippen LogP contribution in [0.3, 0.4) is 0 Å². The molecule has 0 atom stereocenters. The number of benzene rings is 2. The number of nitrogens with zero attached hydrogens (tertiary/aromatic N) is 2. The van der Waals surface area contributed by atoms with Crippen molar-refractivity contribution in [2.75, 3.05) is 39.3 Å². The third-order valence-electron chi connectivity index (χ3n) is 5.09. The predicted molar refractivity (Wildman–Crippen MR) is 117 cm³/mol. The fourth-order valence-electron chi connectivity index (χ4n) is 3.37. The Morgan fingerprint density at radius 1 is 0.897 bits per heavy atom. The van der Waals surface area contributed by atoms with Crippen molar-refractivity contribution in [2.45, 2.75) is 12.8 Å². The van der Waals surface area contributed by atoms with Crippen LogP contribution >= 0.6 is 0 Å². The van der Waals surface area contributed by atoms with Gasteiger partial charge in [-0.1, -0.05) is 60.7 Å². The lowest BCUT2D eigenvalue weighted by Crippen LogP contribution is -2.48. The first-order valence-corrected chi connectivity index (χ1v) is 10.3. The van der Waals surface area contributed by atoms with E-state index < -0.39 is 0 Å². The molecule has 2 aromatic rings. The van der Waals surface area contributed by atoms with Gasteiger partial charge < -0.3 is 10.2 Å². The van der Waals surface area contributed by atoms with Crippen LogP contribution < -0.4 is 5.32 Å². The van der Waals surface area contributed by atoms with E-state index in [0.29, 0.717) is 24.9 Å². The van der Waals surface area contributed by atoms with Gasteiger partial charge in [0.1, 0.15) is 0 Å². The lowest BCUT2D eigenvalue weighted by Gasteiger charge is -2.34. The predicted octanol–water partition coefficient (Wildman–Crippen LogP) is 3.05. The summed E-state index contributed by atoms with van der Waals surface area (Å²) in [4.78, 5) is 28.7. The van der Waals surface area contributed by atoms with Gasteiger partial charge in [-0.15, -0.1) is 0 Å². The fourth-order valence-corrected chi connectivity index (χ4v) is 3.37. The van der Waals surface area contributed by atoms with Crippen molar-refractivity contribution < 1.29 is 9.59 Å². The number of hydrogen-bond donors (Lipinski definition) is 1. The zero-order chi connectivity index (χ0) is 20.3. The second-order valence-corrected chi connectivity index (χ2v) is 7.22. The van der Waals surface area contributed by atoms with Gasteiger partial charge in [0, 0.05) is 51.3 Å². The van der Waals surface area contributed by atoms with Crippen LogP contribution in [0.25, 0.3) is 6.08 Å².